The second-order valence-corrected chi connectivity index (χ2v) is 10.3. The summed E-state index contributed by atoms with van der Waals surface area (Å²) in [6.07, 6.45) is 35.5. The summed E-state index contributed by atoms with van der Waals surface area (Å²) in [5, 5.41) is 0. The summed E-state index contributed by atoms with van der Waals surface area (Å²) < 4.78 is 0. The molecule has 0 aromatic rings. The molecular formula is C26H56IP. The summed E-state index contributed by atoms with van der Waals surface area (Å²) in [4.78, 5) is 0. The van der Waals surface area contributed by atoms with Crippen LogP contribution in [0.3, 0.4) is 0 Å². The van der Waals surface area contributed by atoms with Crippen molar-refractivity contribution in [2.24, 2.45) is 0 Å². The van der Waals surface area contributed by atoms with Gasteiger partial charge < -0.3 is 0 Å². The van der Waals surface area contributed by atoms with Crippen LogP contribution in [0.2, 0.25) is 0 Å². The molecule has 0 heterocycles. The zero-order valence-corrected chi connectivity index (χ0v) is 23.2. The Bertz CT molecular complexity index is 221. The zero-order chi connectivity index (χ0) is 19.7. The molecule has 28 heavy (non-hydrogen) atoms. The maximum atomic E-state index is 2.30. The van der Waals surface area contributed by atoms with Crippen molar-refractivity contribution in [1.29, 1.82) is 0 Å². The van der Waals surface area contributed by atoms with Gasteiger partial charge in [0, 0.05) is 0 Å². The van der Waals surface area contributed by atoms with Gasteiger partial charge in [-0.1, -0.05) is 142 Å². The lowest BCUT2D eigenvalue weighted by Gasteiger charge is -2.04. The van der Waals surface area contributed by atoms with Gasteiger partial charge in [-0.2, -0.15) is 0 Å². The quantitative estimate of drug-likeness (QED) is 0.0667. The fourth-order valence-electron chi connectivity index (χ4n) is 3.95. The predicted molar refractivity (Wildman–Crippen MR) is 146 cm³/mol. The molecular weight excluding hydrogens is 470 g/mol. The highest BCUT2D eigenvalue weighted by atomic mass is 127. The van der Waals surface area contributed by atoms with Crippen molar-refractivity contribution >= 4 is 32.6 Å². The standard InChI is InChI=1S/C26H55P.HI/c1-3-5-7-9-11-12-13-14-15-16-17-18-19-20-22-24-26-27-25-23-21-10-8-6-4-2;/h27H,3-26H2,1-2H3;1H. The summed E-state index contributed by atoms with van der Waals surface area (Å²) >= 11 is 0. The first-order chi connectivity index (χ1) is 13.4. The van der Waals surface area contributed by atoms with E-state index in [1.54, 1.807) is 0 Å². The van der Waals surface area contributed by atoms with Gasteiger partial charge in [-0.3, -0.25) is 0 Å². The molecule has 0 N–H and O–H groups in total. The smallest absolute Gasteiger partial charge is 0.0353 e. The van der Waals surface area contributed by atoms with Gasteiger partial charge in [0.05, 0.1) is 0 Å². The first kappa shape index (κ1) is 31.3. The fourth-order valence-corrected chi connectivity index (χ4v) is 5.20. The third kappa shape index (κ3) is 29.4. The van der Waals surface area contributed by atoms with Crippen LogP contribution in [-0.2, 0) is 0 Å². The Kier molecular flexibility index (Phi) is 34.0. The minimum atomic E-state index is 0. The van der Waals surface area contributed by atoms with Crippen LogP contribution in [0, 0.1) is 0 Å². The molecule has 0 spiro atoms. The fraction of sp³-hybridized carbons (Fsp3) is 1.00. The van der Waals surface area contributed by atoms with Gasteiger partial charge in [0.15, 0.2) is 0 Å². The topological polar surface area (TPSA) is 0 Å². The Hall–Kier alpha value is 1.16. The predicted octanol–water partition coefficient (Wildman–Crippen LogP) is 10.9. The molecule has 2 heteroatoms. The van der Waals surface area contributed by atoms with Crippen LogP contribution in [0.1, 0.15) is 155 Å². The van der Waals surface area contributed by atoms with E-state index in [9.17, 15) is 0 Å². The van der Waals surface area contributed by atoms with Crippen molar-refractivity contribution in [2.75, 3.05) is 12.3 Å². The second-order valence-electron chi connectivity index (χ2n) is 8.82. The molecule has 0 aliphatic carbocycles. The van der Waals surface area contributed by atoms with E-state index >= 15 is 0 Å². The number of halogens is 1. The Morgan fingerprint density at radius 3 is 0.786 bits per heavy atom. The molecule has 0 aliphatic heterocycles. The molecule has 1 atom stereocenters. The lowest BCUT2D eigenvalue weighted by molar-refractivity contribution is 0.531. The maximum Gasteiger partial charge on any atom is -0.0353 e. The minimum absolute atomic E-state index is 0. The maximum absolute atomic E-state index is 2.30. The third-order valence-corrected chi connectivity index (χ3v) is 7.33. The van der Waals surface area contributed by atoms with Crippen LogP contribution in [0.4, 0.5) is 0 Å². The van der Waals surface area contributed by atoms with Crippen LogP contribution < -0.4 is 0 Å². The van der Waals surface area contributed by atoms with E-state index < -0.39 is 0 Å². The van der Waals surface area contributed by atoms with Gasteiger partial charge in [-0.25, -0.2) is 0 Å². The van der Waals surface area contributed by atoms with E-state index in [-0.39, 0.29) is 24.0 Å². The molecule has 0 saturated heterocycles. The normalized spacial score (nSPS) is 11.4. The monoisotopic (exact) mass is 526 g/mol. The molecule has 172 valence electrons. The van der Waals surface area contributed by atoms with Gasteiger partial charge in [0.2, 0.25) is 0 Å². The van der Waals surface area contributed by atoms with Gasteiger partial charge in [-0.15, -0.1) is 32.6 Å². The van der Waals surface area contributed by atoms with Gasteiger partial charge >= 0.3 is 0 Å². The summed E-state index contributed by atoms with van der Waals surface area (Å²) in [5.74, 6) is 0. The van der Waals surface area contributed by atoms with Gasteiger partial charge in [-0.05, 0) is 25.2 Å². The van der Waals surface area contributed by atoms with E-state index in [1.165, 1.54) is 162 Å². The number of unbranched alkanes of at least 4 members (excludes halogenated alkanes) is 20. The summed E-state index contributed by atoms with van der Waals surface area (Å²) in [7, 11) is 1.26. The third-order valence-electron chi connectivity index (χ3n) is 5.91. The molecule has 0 aromatic heterocycles. The molecule has 0 aromatic carbocycles. The van der Waals surface area contributed by atoms with Crippen molar-refractivity contribution in [3.63, 3.8) is 0 Å². The molecule has 0 amide bonds. The lowest BCUT2D eigenvalue weighted by Crippen LogP contribution is -1.85. The van der Waals surface area contributed by atoms with E-state index in [0.717, 1.165) is 0 Å². The Morgan fingerprint density at radius 1 is 0.321 bits per heavy atom. The van der Waals surface area contributed by atoms with Crippen LogP contribution in [0.5, 0.6) is 0 Å². The first-order valence-electron chi connectivity index (χ1n) is 13.1. The highest BCUT2D eigenvalue weighted by Crippen LogP contribution is 2.18. The van der Waals surface area contributed by atoms with Gasteiger partial charge in [0.1, 0.15) is 0 Å². The average molecular weight is 527 g/mol. The van der Waals surface area contributed by atoms with Crippen molar-refractivity contribution in [3.05, 3.63) is 0 Å². The molecule has 1 unspecified atom stereocenters. The number of hydrogen-bond acceptors (Lipinski definition) is 0. The average Bonchev–Trinajstić information content (AvgIpc) is 2.68. The zero-order valence-electron chi connectivity index (χ0n) is 19.9. The van der Waals surface area contributed by atoms with E-state index in [0.29, 0.717) is 0 Å². The molecule has 0 aliphatic rings. The minimum Gasteiger partial charge on any atom is -0.122 e. The van der Waals surface area contributed by atoms with E-state index in [1.807, 2.05) is 0 Å². The Balaban J connectivity index is 0. The molecule has 0 rings (SSSR count). The van der Waals surface area contributed by atoms with E-state index in [4.69, 9.17) is 0 Å². The van der Waals surface area contributed by atoms with E-state index in [2.05, 4.69) is 13.8 Å². The highest BCUT2D eigenvalue weighted by Gasteiger charge is 1.95. The summed E-state index contributed by atoms with van der Waals surface area (Å²) in [6, 6.07) is 0. The molecule has 0 fully saturated rings. The van der Waals surface area contributed by atoms with Crippen molar-refractivity contribution in [3.8, 4) is 0 Å². The van der Waals surface area contributed by atoms with Crippen molar-refractivity contribution in [2.45, 2.75) is 155 Å². The van der Waals surface area contributed by atoms with Crippen LogP contribution in [0.15, 0.2) is 0 Å². The molecule has 0 bridgehead atoms. The van der Waals surface area contributed by atoms with Crippen molar-refractivity contribution < 1.29 is 0 Å². The molecule has 0 radical (unpaired) electrons. The number of rotatable bonds is 24. The SMILES string of the molecule is CCCCCCCCCCCCCCCCCCPCCCCCCCC.I. The summed E-state index contributed by atoms with van der Waals surface area (Å²) in [6.45, 7) is 4.61. The van der Waals surface area contributed by atoms with Gasteiger partial charge in [0.25, 0.3) is 0 Å². The van der Waals surface area contributed by atoms with Crippen LogP contribution in [-0.4, -0.2) is 12.3 Å². The number of hydrogen-bond donors (Lipinski definition) is 0. The lowest BCUT2D eigenvalue weighted by atomic mass is 10.0. The molecule has 0 nitrogen and oxygen atoms in total. The molecule has 0 saturated carbocycles. The Morgan fingerprint density at radius 2 is 0.536 bits per heavy atom. The Labute approximate surface area is 199 Å². The highest BCUT2D eigenvalue weighted by molar-refractivity contribution is 14.0. The second kappa shape index (κ2) is 30.4. The largest absolute Gasteiger partial charge is 0.122 e. The van der Waals surface area contributed by atoms with Crippen LogP contribution >= 0.6 is 32.6 Å². The van der Waals surface area contributed by atoms with Crippen molar-refractivity contribution in [1.82, 2.24) is 0 Å². The first-order valence-corrected chi connectivity index (χ1v) is 14.5. The summed E-state index contributed by atoms with van der Waals surface area (Å²) in [5.41, 5.74) is 0. The van der Waals surface area contributed by atoms with Crippen LogP contribution in [0.25, 0.3) is 0 Å².